The second kappa shape index (κ2) is 5.28. The Morgan fingerprint density at radius 1 is 1.21 bits per heavy atom. The molecule has 0 saturated heterocycles. The minimum Gasteiger partial charge on any atom is -0.289 e. The molecule has 1 aromatic carbocycles. The van der Waals surface area contributed by atoms with Gasteiger partial charge in [0.1, 0.15) is 4.34 Å². The average Bonchev–Trinajstić information content (AvgIpc) is 2.66. The molecule has 4 heteroatoms. The van der Waals surface area contributed by atoms with E-state index in [2.05, 4.69) is 6.07 Å². The standard InChI is InChI=1S/C15H12Cl2OS/c16-13-8-12(15(17)19-13)14(18)11-6-2-5-10(7-11)9-3-1-4-9/h2,5-9H,1,3-4H2. The first-order valence-electron chi connectivity index (χ1n) is 6.24. The van der Waals surface area contributed by atoms with Crippen LogP contribution in [0.15, 0.2) is 30.3 Å². The van der Waals surface area contributed by atoms with Gasteiger partial charge < -0.3 is 0 Å². The fourth-order valence-electron chi connectivity index (χ4n) is 2.33. The first-order chi connectivity index (χ1) is 9.15. The van der Waals surface area contributed by atoms with Gasteiger partial charge >= 0.3 is 0 Å². The quantitative estimate of drug-likeness (QED) is 0.679. The number of benzene rings is 1. The normalized spacial score (nSPS) is 15.3. The van der Waals surface area contributed by atoms with Crippen LogP contribution in [0, 0.1) is 0 Å². The van der Waals surface area contributed by atoms with Crippen LogP contribution in [0.4, 0.5) is 0 Å². The molecule has 1 saturated carbocycles. The molecule has 0 radical (unpaired) electrons. The Labute approximate surface area is 126 Å². The van der Waals surface area contributed by atoms with Gasteiger partial charge in [0.15, 0.2) is 5.78 Å². The molecule has 2 aromatic rings. The summed E-state index contributed by atoms with van der Waals surface area (Å²) < 4.78 is 1.01. The Morgan fingerprint density at radius 3 is 2.58 bits per heavy atom. The lowest BCUT2D eigenvalue weighted by Crippen LogP contribution is -2.10. The number of rotatable bonds is 3. The Balaban J connectivity index is 1.93. The summed E-state index contributed by atoms with van der Waals surface area (Å²) >= 11 is 13.2. The zero-order valence-corrected chi connectivity index (χ0v) is 12.5. The summed E-state index contributed by atoms with van der Waals surface area (Å²) in [6.07, 6.45) is 3.74. The van der Waals surface area contributed by atoms with E-state index in [9.17, 15) is 4.79 Å². The van der Waals surface area contributed by atoms with E-state index >= 15 is 0 Å². The van der Waals surface area contributed by atoms with Gasteiger partial charge in [0.25, 0.3) is 0 Å². The molecule has 1 aromatic heterocycles. The number of thiophene rings is 1. The van der Waals surface area contributed by atoms with E-state index in [1.54, 1.807) is 6.07 Å². The average molecular weight is 311 g/mol. The molecule has 1 fully saturated rings. The van der Waals surface area contributed by atoms with Gasteiger partial charge in [-0.3, -0.25) is 4.79 Å². The van der Waals surface area contributed by atoms with Crippen molar-refractivity contribution in [3.05, 3.63) is 55.7 Å². The molecule has 1 heterocycles. The predicted octanol–water partition coefficient (Wildman–Crippen LogP) is 5.55. The molecule has 1 nitrogen and oxygen atoms in total. The molecule has 19 heavy (non-hydrogen) atoms. The summed E-state index contributed by atoms with van der Waals surface area (Å²) in [6, 6.07) is 9.53. The molecule has 0 N–H and O–H groups in total. The Morgan fingerprint density at radius 2 is 2.00 bits per heavy atom. The van der Waals surface area contributed by atoms with Gasteiger partial charge in [-0.2, -0.15) is 0 Å². The smallest absolute Gasteiger partial charge is 0.195 e. The van der Waals surface area contributed by atoms with E-state index in [-0.39, 0.29) is 5.78 Å². The molecular formula is C15H12Cl2OS. The molecule has 0 aliphatic heterocycles. The lowest BCUT2D eigenvalue weighted by molar-refractivity contribution is 0.103. The number of carbonyl (C=O) groups excluding carboxylic acids is 1. The van der Waals surface area contributed by atoms with Crippen molar-refractivity contribution in [2.24, 2.45) is 0 Å². The third-order valence-corrected chi connectivity index (χ3v) is 5.11. The van der Waals surface area contributed by atoms with Crippen molar-refractivity contribution in [2.45, 2.75) is 25.2 Å². The van der Waals surface area contributed by atoms with E-state index in [4.69, 9.17) is 23.2 Å². The molecule has 1 aliphatic carbocycles. The second-order valence-electron chi connectivity index (χ2n) is 4.82. The van der Waals surface area contributed by atoms with Crippen molar-refractivity contribution >= 4 is 40.3 Å². The maximum Gasteiger partial charge on any atom is 0.195 e. The van der Waals surface area contributed by atoms with Gasteiger partial charge in [0.2, 0.25) is 0 Å². The molecule has 0 bridgehead atoms. The Bertz CT molecular complexity index is 629. The van der Waals surface area contributed by atoms with Gasteiger partial charge in [0.05, 0.1) is 9.90 Å². The fraction of sp³-hybridized carbons (Fsp3) is 0.267. The maximum absolute atomic E-state index is 12.4. The second-order valence-corrected chi connectivity index (χ2v) is 7.11. The molecule has 3 rings (SSSR count). The summed E-state index contributed by atoms with van der Waals surface area (Å²) in [5.41, 5.74) is 2.46. The van der Waals surface area contributed by atoms with Crippen LogP contribution in [0.3, 0.4) is 0 Å². The van der Waals surface area contributed by atoms with Crippen LogP contribution in [-0.2, 0) is 0 Å². The van der Waals surface area contributed by atoms with Gasteiger partial charge in [-0.15, -0.1) is 11.3 Å². The zero-order chi connectivity index (χ0) is 13.4. The Kier molecular flexibility index (Phi) is 3.66. The summed E-state index contributed by atoms with van der Waals surface area (Å²) in [5.74, 6) is 0.573. The summed E-state index contributed by atoms with van der Waals surface area (Å²) in [7, 11) is 0. The number of hydrogen-bond donors (Lipinski definition) is 0. The van der Waals surface area contributed by atoms with Crippen molar-refractivity contribution < 1.29 is 4.79 Å². The lowest BCUT2D eigenvalue weighted by Gasteiger charge is -2.26. The van der Waals surface area contributed by atoms with Gasteiger partial charge in [0, 0.05) is 5.56 Å². The highest BCUT2D eigenvalue weighted by Gasteiger charge is 2.21. The van der Waals surface area contributed by atoms with Gasteiger partial charge in [-0.05, 0) is 36.5 Å². The Hall–Kier alpha value is -0.830. The molecule has 0 spiro atoms. The van der Waals surface area contributed by atoms with Crippen LogP contribution in [-0.4, -0.2) is 5.78 Å². The lowest BCUT2D eigenvalue weighted by atomic mass is 9.79. The fourth-order valence-corrected chi connectivity index (χ4v) is 3.78. The van der Waals surface area contributed by atoms with Crippen molar-refractivity contribution in [1.82, 2.24) is 0 Å². The molecule has 0 unspecified atom stereocenters. The van der Waals surface area contributed by atoms with Crippen LogP contribution < -0.4 is 0 Å². The van der Waals surface area contributed by atoms with Crippen molar-refractivity contribution in [3.63, 3.8) is 0 Å². The van der Waals surface area contributed by atoms with E-state index in [1.807, 2.05) is 18.2 Å². The molecule has 1 aliphatic rings. The highest BCUT2D eigenvalue weighted by molar-refractivity contribution is 7.20. The van der Waals surface area contributed by atoms with Crippen LogP contribution in [0.25, 0.3) is 0 Å². The first-order valence-corrected chi connectivity index (χ1v) is 7.82. The SMILES string of the molecule is O=C(c1cccc(C2CCC2)c1)c1cc(Cl)sc1Cl. The number of ketones is 1. The monoisotopic (exact) mass is 310 g/mol. The molecule has 0 amide bonds. The zero-order valence-electron chi connectivity index (χ0n) is 10.2. The summed E-state index contributed by atoms with van der Waals surface area (Å²) in [6.45, 7) is 0. The number of carbonyl (C=O) groups is 1. The van der Waals surface area contributed by atoms with Crippen LogP contribution >= 0.6 is 34.5 Å². The van der Waals surface area contributed by atoms with Crippen molar-refractivity contribution in [2.75, 3.05) is 0 Å². The van der Waals surface area contributed by atoms with Crippen molar-refractivity contribution in [3.8, 4) is 0 Å². The summed E-state index contributed by atoms with van der Waals surface area (Å²) in [5, 5.41) is 0. The van der Waals surface area contributed by atoms with Gasteiger partial charge in [-0.25, -0.2) is 0 Å². The largest absolute Gasteiger partial charge is 0.289 e. The molecular weight excluding hydrogens is 299 g/mol. The maximum atomic E-state index is 12.4. The van der Waals surface area contributed by atoms with Gasteiger partial charge in [-0.1, -0.05) is 47.8 Å². The third-order valence-electron chi connectivity index (χ3n) is 3.63. The van der Waals surface area contributed by atoms with Crippen molar-refractivity contribution in [1.29, 1.82) is 0 Å². The minimum atomic E-state index is -0.0469. The molecule has 0 atom stereocenters. The highest BCUT2D eigenvalue weighted by Crippen LogP contribution is 2.37. The van der Waals surface area contributed by atoms with E-state index in [0.717, 1.165) is 0 Å². The number of hydrogen-bond acceptors (Lipinski definition) is 2. The van der Waals surface area contributed by atoms with E-state index in [0.29, 0.717) is 25.7 Å². The topological polar surface area (TPSA) is 17.1 Å². The number of halogens is 2. The minimum absolute atomic E-state index is 0.0469. The highest BCUT2D eigenvalue weighted by atomic mass is 35.5. The third kappa shape index (κ3) is 2.58. The van der Waals surface area contributed by atoms with E-state index in [1.165, 1.54) is 36.2 Å². The molecule has 98 valence electrons. The van der Waals surface area contributed by atoms with Crippen LogP contribution in [0.2, 0.25) is 8.67 Å². The predicted molar refractivity (Wildman–Crippen MR) is 80.8 cm³/mol. The van der Waals surface area contributed by atoms with Crippen LogP contribution in [0.1, 0.15) is 46.7 Å². The van der Waals surface area contributed by atoms with Crippen LogP contribution in [0.5, 0.6) is 0 Å². The van der Waals surface area contributed by atoms with E-state index < -0.39 is 0 Å². The first kappa shape index (κ1) is 13.2. The summed E-state index contributed by atoms with van der Waals surface area (Å²) in [4.78, 5) is 12.4.